The van der Waals surface area contributed by atoms with Gasteiger partial charge in [0.25, 0.3) is 0 Å². The molecule has 1 aromatic carbocycles. The number of halogens is 1. The second kappa shape index (κ2) is 3.91. The summed E-state index contributed by atoms with van der Waals surface area (Å²) in [5.41, 5.74) is 1.20. The number of hydrogen-bond acceptors (Lipinski definition) is 3. The van der Waals surface area contributed by atoms with Crippen molar-refractivity contribution in [3.63, 3.8) is 0 Å². The number of benzene rings is 1. The molecular formula is C12H9FN4O2. The van der Waals surface area contributed by atoms with Crippen LogP contribution >= 0.6 is 0 Å². The maximum Gasteiger partial charge on any atom is 0.338 e. The smallest absolute Gasteiger partial charge is 0.338 e. The van der Waals surface area contributed by atoms with Gasteiger partial charge in [-0.1, -0.05) is 0 Å². The highest BCUT2D eigenvalue weighted by atomic mass is 19.1. The molecule has 0 atom stereocenters. The van der Waals surface area contributed by atoms with Gasteiger partial charge in [0.15, 0.2) is 0 Å². The van der Waals surface area contributed by atoms with Crippen molar-refractivity contribution < 1.29 is 14.3 Å². The van der Waals surface area contributed by atoms with Gasteiger partial charge in [-0.2, -0.15) is 5.10 Å². The van der Waals surface area contributed by atoms with Crippen LogP contribution in [0, 0.1) is 5.82 Å². The Morgan fingerprint density at radius 2 is 2.26 bits per heavy atom. The first-order valence-corrected chi connectivity index (χ1v) is 5.46. The van der Waals surface area contributed by atoms with E-state index in [1.807, 2.05) is 0 Å². The second-order valence-corrected chi connectivity index (χ2v) is 4.14. The molecule has 0 saturated heterocycles. The van der Waals surface area contributed by atoms with Gasteiger partial charge in [-0.3, -0.25) is 4.68 Å². The predicted octanol–water partition coefficient (Wildman–Crippen LogP) is 1.80. The molecule has 0 bridgehead atoms. The van der Waals surface area contributed by atoms with E-state index in [0.29, 0.717) is 16.9 Å². The molecule has 96 valence electrons. The van der Waals surface area contributed by atoms with Crippen molar-refractivity contribution in [1.82, 2.24) is 19.7 Å². The highest BCUT2D eigenvalue weighted by molar-refractivity contribution is 5.93. The lowest BCUT2D eigenvalue weighted by molar-refractivity contribution is 0.0692. The van der Waals surface area contributed by atoms with Gasteiger partial charge in [-0.15, -0.1) is 0 Å². The van der Waals surface area contributed by atoms with E-state index in [0.717, 1.165) is 11.6 Å². The molecule has 2 aromatic heterocycles. The van der Waals surface area contributed by atoms with E-state index in [1.165, 1.54) is 6.07 Å². The monoisotopic (exact) mass is 260 g/mol. The maximum absolute atomic E-state index is 13.5. The number of fused-ring (bicyclic) bond motifs is 1. The summed E-state index contributed by atoms with van der Waals surface area (Å²) in [6, 6.07) is 2.34. The summed E-state index contributed by atoms with van der Waals surface area (Å²) in [6.07, 6.45) is 3.37. The zero-order valence-corrected chi connectivity index (χ0v) is 9.88. The topological polar surface area (TPSA) is 83.8 Å². The van der Waals surface area contributed by atoms with Crippen LogP contribution in [0.1, 0.15) is 10.4 Å². The Kier molecular flexibility index (Phi) is 2.34. The number of nitrogens with zero attached hydrogens (tertiary/aromatic N) is 3. The lowest BCUT2D eigenvalue weighted by atomic mass is 10.2. The maximum atomic E-state index is 13.5. The highest BCUT2D eigenvalue weighted by Gasteiger charge is 2.14. The van der Waals surface area contributed by atoms with Gasteiger partial charge in [0.1, 0.15) is 11.6 Å². The molecule has 0 aliphatic rings. The zero-order valence-electron chi connectivity index (χ0n) is 9.88. The van der Waals surface area contributed by atoms with Crippen LogP contribution in [0.2, 0.25) is 0 Å². The Balaban J connectivity index is 2.18. The molecular weight excluding hydrogens is 251 g/mol. The molecule has 2 N–H and O–H groups in total. The lowest BCUT2D eigenvalue weighted by Crippen LogP contribution is -1.99. The number of hydrogen-bond donors (Lipinski definition) is 2. The second-order valence-electron chi connectivity index (χ2n) is 4.14. The van der Waals surface area contributed by atoms with Crippen molar-refractivity contribution in [2.45, 2.75) is 0 Å². The van der Waals surface area contributed by atoms with E-state index < -0.39 is 17.3 Å². The van der Waals surface area contributed by atoms with Gasteiger partial charge in [-0.05, 0) is 6.07 Å². The largest absolute Gasteiger partial charge is 0.478 e. The number of aromatic amines is 1. The third-order valence-electron chi connectivity index (χ3n) is 2.78. The van der Waals surface area contributed by atoms with Gasteiger partial charge in [0.2, 0.25) is 0 Å². The normalized spacial score (nSPS) is 11.1. The van der Waals surface area contributed by atoms with Gasteiger partial charge < -0.3 is 10.1 Å². The number of aryl methyl sites for hydroxylation is 1. The van der Waals surface area contributed by atoms with Crippen molar-refractivity contribution in [3.05, 3.63) is 35.9 Å². The van der Waals surface area contributed by atoms with Crippen LogP contribution in [0.15, 0.2) is 24.5 Å². The number of imidazole rings is 1. The Hall–Kier alpha value is -2.70. The minimum absolute atomic E-state index is 0.392. The molecule has 0 unspecified atom stereocenters. The SMILES string of the molecule is Cn1cc(-c2nc3cc(C(=O)O)c(F)cc3[nH]2)cn1. The van der Waals surface area contributed by atoms with Crippen LogP contribution in [-0.4, -0.2) is 30.8 Å². The minimum Gasteiger partial charge on any atom is -0.478 e. The van der Waals surface area contributed by atoms with E-state index in [4.69, 9.17) is 5.11 Å². The van der Waals surface area contributed by atoms with Crippen LogP contribution in [0.3, 0.4) is 0 Å². The van der Waals surface area contributed by atoms with Crippen LogP contribution in [0.4, 0.5) is 4.39 Å². The van der Waals surface area contributed by atoms with E-state index in [-0.39, 0.29) is 0 Å². The minimum atomic E-state index is -1.31. The molecule has 0 fully saturated rings. The fourth-order valence-corrected chi connectivity index (χ4v) is 1.87. The molecule has 0 saturated carbocycles. The number of aromatic nitrogens is 4. The molecule has 2 heterocycles. The number of rotatable bonds is 2. The third kappa shape index (κ3) is 1.85. The molecule has 0 radical (unpaired) electrons. The van der Waals surface area contributed by atoms with Crippen molar-refractivity contribution in [3.8, 4) is 11.4 Å². The number of carboxylic acids is 1. The van der Waals surface area contributed by atoms with Gasteiger partial charge in [-0.25, -0.2) is 14.2 Å². The molecule has 0 spiro atoms. The first kappa shape index (κ1) is 11.4. The molecule has 7 heteroatoms. The van der Waals surface area contributed by atoms with Crippen LogP contribution in [0.25, 0.3) is 22.4 Å². The predicted molar refractivity (Wildman–Crippen MR) is 65.2 cm³/mol. The summed E-state index contributed by atoms with van der Waals surface area (Å²) in [5.74, 6) is -1.59. The Bertz CT molecular complexity index is 790. The van der Waals surface area contributed by atoms with Gasteiger partial charge >= 0.3 is 5.97 Å². The number of carboxylic acid groups (broad SMARTS) is 1. The molecule has 3 rings (SSSR count). The summed E-state index contributed by atoms with van der Waals surface area (Å²) in [7, 11) is 1.77. The Morgan fingerprint density at radius 3 is 2.89 bits per heavy atom. The zero-order chi connectivity index (χ0) is 13.6. The molecule has 0 amide bonds. The van der Waals surface area contributed by atoms with E-state index in [2.05, 4.69) is 15.1 Å². The van der Waals surface area contributed by atoms with Gasteiger partial charge in [0.05, 0.1) is 28.4 Å². The quantitative estimate of drug-likeness (QED) is 0.735. The van der Waals surface area contributed by atoms with E-state index in [9.17, 15) is 9.18 Å². The standard InChI is InChI=1S/C12H9FN4O2/c1-17-5-6(4-14-17)11-15-9-2-7(12(18)19)8(13)3-10(9)16-11/h2-5H,1H3,(H,15,16)(H,18,19). The van der Waals surface area contributed by atoms with Crippen LogP contribution in [0.5, 0.6) is 0 Å². The molecule has 0 aliphatic carbocycles. The molecule has 0 aliphatic heterocycles. The van der Waals surface area contributed by atoms with Crippen molar-refractivity contribution in [2.75, 3.05) is 0 Å². The first-order chi connectivity index (χ1) is 9.04. The molecule has 19 heavy (non-hydrogen) atoms. The highest BCUT2D eigenvalue weighted by Crippen LogP contribution is 2.22. The summed E-state index contributed by atoms with van der Waals surface area (Å²) in [6.45, 7) is 0. The molecule has 3 aromatic rings. The Labute approximate surface area is 106 Å². The van der Waals surface area contributed by atoms with E-state index >= 15 is 0 Å². The Morgan fingerprint density at radius 1 is 1.47 bits per heavy atom. The van der Waals surface area contributed by atoms with Crippen LogP contribution < -0.4 is 0 Å². The third-order valence-corrected chi connectivity index (χ3v) is 2.78. The van der Waals surface area contributed by atoms with Crippen LogP contribution in [-0.2, 0) is 7.05 Å². The van der Waals surface area contributed by atoms with E-state index in [1.54, 1.807) is 24.1 Å². The number of aromatic carboxylic acids is 1. The summed E-state index contributed by atoms with van der Waals surface area (Å²) in [4.78, 5) is 18.0. The summed E-state index contributed by atoms with van der Waals surface area (Å²) in [5, 5.41) is 12.9. The fourth-order valence-electron chi connectivity index (χ4n) is 1.87. The summed E-state index contributed by atoms with van der Waals surface area (Å²) < 4.78 is 15.2. The fraction of sp³-hybridized carbons (Fsp3) is 0.0833. The molecule has 6 nitrogen and oxygen atoms in total. The first-order valence-electron chi connectivity index (χ1n) is 5.46. The van der Waals surface area contributed by atoms with Crippen molar-refractivity contribution in [1.29, 1.82) is 0 Å². The van der Waals surface area contributed by atoms with Gasteiger partial charge in [0, 0.05) is 19.3 Å². The number of nitrogens with one attached hydrogen (secondary N) is 1. The van der Waals surface area contributed by atoms with Crippen molar-refractivity contribution >= 4 is 17.0 Å². The lowest BCUT2D eigenvalue weighted by Gasteiger charge is -1.95. The average Bonchev–Trinajstić information content (AvgIpc) is 2.93. The average molecular weight is 260 g/mol. The number of carbonyl (C=O) groups is 1. The van der Waals surface area contributed by atoms with Crippen molar-refractivity contribution in [2.24, 2.45) is 7.05 Å². The summed E-state index contributed by atoms with van der Waals surface area (Å²) >= 11 is 0. The number of H-pyrrole nitrogens is 1.